The first-order valence-corrected chi connectivity index (χ1v) is 10.1. The molecule has 0 aliphatic carbocycles. The summed E-state index contributed by atoms with van der Waals surface area (Å²) in [5.74, 6) is 0.654. The third-order valence-electron chi connectivity index (χ3n) is 5.74. The van der Waals surface area contributed by atoms with Gasteiger partial charge in [0.05, 0.1) is 0 Å². The molecule has 3 N–H and O–H groups in total. The van der Waals surface area contributed by atoms with E-state index in [9.17, 15) is 4.79 Å². The Balaban J connectivity index is 1.42. The van der Waals surface area contributed by atoms with Crippen LogP contribution in [0.2, 0.25) is 0 Å². The van der Waals surface area contributed by atoms with E-state index in [0.29, 0.717) is 12.0 Å². The van der Waals surface area contributed by atoms with Crippen molar-refractivity contribution in [2.45, 2.75) is 41.6 Å². The highest BCUT2D eigenvalue weighted by Gasteiger charge is 2.40. The molecule has 26 heavy (non-hydrogen) atoms. The molecular formula is C21H25N3OS. The third kappa shape index (κ3) is 3.46. The molecular weight excluding hydrogens is 342 g/mol. The predicted octanol–water partition coefficient (Wildman–Crippen LogP) is 3.63. The quantitative estimate of drug-likeness (QED) is 0.810. The molecule has 2 bridgehead atoms. The molecule has 3 heterocycles. The SMILES string of the molecule is C[C@H]1[C@H](NC(=O)c2ccc(Sc3ccccc3N)cc2)C2CCN1CC2. The molecule has 3 fully saturated rings. The predicted molar refractivity (Wildman–Crippen MR) is 106 cm³/mol. The van der Waals surface area contributed by atoms with Gasteiger partial charge in [-0.3, -0.25) is 9.69 Å². The number of hydrogen-bond acceptors (Lipinski definition) is 4. The van der Waals surface area contributed by atoms with Crippen molar-refractivity contribution in [1.82, 2.24) is 10.2 Å². The van der Waals surface area contributed by atoms with E-state index in [1.165, 1.54) is 25.9 Å². The number of carbonyl (C=O) groups excluding carboxylic acids is 1. The zero-order chi connectivity index (χ0) is 18.1. The smallest absolute Gasteiger partial charge is 0.251 e. The Morgan fingerprint density at radius 1 is 1.12 bits per heavy atom. The summed E-state index contributed by atoms with van der Waals surface area (Å²) in [6.45, 7) is 4.58. The number of nitrogens with one attached hydrogen (secondary N) is 1. The Kier molecular flexibility index (Phi) is 4.92. The van der Waals surface area contributed by atoms with Gasteiger partial charge in [-0.15, -0.1) is 0 Å². The van der Waals surface area contributed by atoms with Crippen molar-refractivity contribution in [1.29, 1.82) is 0 Å². The highest BCUT2D eigenvalue weighted by atomic mass is 32.2. The molecule has 5 rings (SSSR count). The van der Waals surface area contributed by atoms with Crippen LogP contribution in [0.25, 0.3) is 0 Å². The highest BCUT2D eigenvalue weighted by Crippen LogP contribution is 2.33. The number of nitrogens with two attached hydrogens (primary N) is 1. The minimum atomic E-state index is 0.0337. The lowest BCUT2D eigenvalue weighted by Gasteiger charge is -2.49. The molecule has 2 atom stereocenters. The second kappa shape index (κ2) is 7.33. The maximum atomic E-state index is 12.7. The fourth-order valence-electron chi connectivity index (χ4n) is 4.15. The summed E-state index contributed by atoms with van der Waals surface area (Å²) in [4.78, 5) is 17.3. The van der Waals surface area contributed by atoms with Crippen molar-refractivity contribution in [3.05, 3.63) is 54.1 Å². The Morgan fingerprint density at radius 3 is 2.46 bits per heavy atom. The number of nitrogen functional groups attached to an aromatic ring is 1. The van der Waals surface area contributed by atoms with Crippen LogP contribution in [-0.4, -0.2) is 36.0 Å². The van der Waals surface area contributed by atoms with Gasteiger partial charge in [0.15, 0.2) is 0 Å². The monoisotopic (exact) mass is 367 g/mol. The normalized spacial score (nSPS) is 27.3. The van der Waals surface area contributed by atoms with Gasteiger partial charge >= 0.3 is 0 Å². The molecule has 136 valence electrons. The molecule has 0 saturated carbocycles. The van der Waals surface area contributed by atoms with E-state index in [4.69, 9.17) is 5.73 Å². The standard InChI is InChI=1S/C21H25N3OS/c1-14-20(15-10-12-24(14)13-11-15)23-21(25)16-6-8-17(9-7-16)26-19-5-3-2-4-18(19)22/h2-9,14-15,20H,10-13,22H2,1H3,(H,23,25)/t14-,20-/m0/s1. The van der Waals surface area contributed by atoms with E-state index in [2.05, 4.69) is 17.1 Å². The second-order valence-electron chi connectivity index (χ2n) is 7.28. The molecule has 2 aromatic carbocycles. The lowest BCUT2D eigenvalue weighted by molar-refractivity contribution is 0.0217. The van der Waals surface area contributed by atoms with Gasteiger partial charge in [0.2, 0.25) is 0 Å². The summed E-state index contributed by atoms with van der Waals surface area (Å²) in [6, 6.07) is 16.3. The lowest BCUT2D eigenvalue weighted by atomic mass is 9.79. The van der Waals surface area contributed by atoms with Crippen LogP contribution in [-0.2, 0) is 0 Å². The maximum Gasteiger partial charge on any atom is 0.251 e. The molecule has 3 aliphatic rings. The Labute approximate surface area is 159 Å². The first-order chi connectivity index (χ1) is 12.6. The fraction of sp³-hybridized carbons (Fsp3) is 0.381. The van der Waals surface area contributed by atoms with Gasteiger partial charge in [-0.2, -0.15) is 0 Å². The number of amides is 1. The summed E-state index contributed by atoms with van der Waals surface area (Å²) in [5, 5.41) is 3.29. The van der Waals surface area contributed by atoms with Gasteiger partial charge in [0.1, 0.15) is 0 Å². The molecule has 0 unspecified atom stereocenters. The fourth-order valence-corrected chi connectivity index (χ4v) is 5.01. The van der Waals surface area contributed by atoms with E-state index in [1.54, 1.807) is 11.8 Å². The lowest BCUT2D eigenvalue weighted by Crippen LogP contribution is -2.62. The summed E-state index contributed by atoms with van der Waals surface area (Å²) in [6.07, 6.45) is 2.40. The highest BCUT2D eigenvalue weighted by molar-refractivity contribution is 7.99. The van der Waals surface area contributed by atoms with Crippen LogP contribution >= 0.6 is 11.8 Å². The molecule has 2 aromatic rings. The Bertz CT molecular complexity index is 782. The number of fused-ring (bicyclic) bond motifs is 3. The van der Waals surface area contributed by atoms with Crippen LogP contribution in [0.1, 0.15) is 30.1 Å². The van der Waals surface area contributed by atoms with E-state index >= 15 is 0 Å². The van der Waals surface area contributed by atoms with Gasteiger partial charge in [-0.1, -0.05) is 23.9 Å². The van der Waals surface area contributed by atoms with Gasteiger partial charge in [-0.25, -0.2) is 0 Å². The van der Waals surface area contributed by atoms with Crippen molar-refractivity contribution in [2.24, 2.45) is 5.92 Å². The number of para-hydroxylation sites is 1. The average Bonchev–Trinajstić information content (AvgIpc) is 2.67. The summed E-state index contributed by atoms with van der Waals surface area (Å²) in [7, 11) is 0. The summed E-state index contributed by atoms with van der Waals surface area (Å²) >= 11 is 1.62. The third-order valence-corrected chi connectivity index (χ3v) is 6.84. The number of carbonyl (C=O) groups is 1. The molecule has 0 radical (unpaired) electrons. The molecule has 5 heteroatoms. The van der Waals surface area contributed by atoms with Crippen LogP contribution in [0.15, 0.2) is 58.3 Å². The number of piperidine rings is 3. The molecule has 0 aromatic heterocycles. The number of nitrogens with zero attached hydrogens (tertiary/aromatic N) is 1. The zero-order valence-electron chi connectivity index (χ0n) is 15.0. The van der Waals surface area contributed by atoms with Crippen LogP contribution in [0, 0.1) is 5.92 Å². The number of anilines is 1. The zero-order valence-corrected chi connectivity index (χ0v) is 15.8. The minimum Gasteiger partial charge on any atom is -0.398 e. The van der Waals surface area contributed by atoms with Crippen molar-refractivity contribution in [2.75, 3.05) is 18.8 Å². The molecule has 4 nitrogen and oxygen atoms in total. The van der Waals surface area contributed by atoms with Gasteiger partial charge in [-0.05, 0) is 75.2 Å². The average molecular weight is 368 g/mol. The summed E-state index contributed by atoms with van der Waals surface area (Å²) < 4.78 is 0. The summed E-state index contributed by atoms with van der Waals surface area (Å²) in [5.41, 5.74) is 7.50. The Morgan fingerprint density at radius 2 is 1.81 bits per heavy atom. The number of benzene rings is 2. The largest absolute Gasteiger partial charge is 0.398 e. The molecule has 3 saturated heterocycles. The molecule has 3 aliphatic heterocycles. The van der Waals surface area contributed by atoms with Crippen LogP contribution < -0.4 is 11.1 Å². The van der Waals surface area contributed by atoms with Crippen molar-refractivity contribution >= 4 is 23.4 Å². The van der Waals surface area contributed by atoms with E-state index in [1.807, 2.05) is 48.5 Å². The topological polar surface area (TPSA) is 58.4 Å². The van der Waals surface area contributed by atoms with Crippen molar-refractivity contribution in [3.63, 3.8) is 0 Å². The van der Waals surface area contributed by atoms with E-state index in [0.717, 1.165) is 21.0 Å². The van der Waals surface area contributed by atoms with E-state index < -0.39 is 0 Å². The molecule has 1 amide bonds. The van der Waals surface area contributed by atoms with Gasteiger partial charge in [0.25, 0.3) is 5.91 Å². The number of rotatable bonds is 4. The van der Waals surface area contributed by atoms with Crippen molar-refractivity contribution < 1.29 is 4.79 Å². The van der Waals surface area contributed by atoms with Crippen LogP contribution in [0.3, 0.4) is 0 Å². The van der Waals surface area contributed by atoms with Crippen LogP contribution in [0.5, 0.6) is 0 Å². The van der Waals surface area contributed by atoms with E-state index in [-0.39, 0.29) is 11.9 Å². The maximum absolute atomic E-state index is 12.7. The van der Waals surface area contributed by atoms with Gasteiger partial charge in [0, 0.05) is 33.1 Å². The minimum absolute atomic E-state index is 0.0337. The van der Waals surface area contributed by atoms with Crippen LogP contribution in [0.4, 0.5) is 5.69 Å². The first-order valence-electron chi connectivity index (χ1n) is 9.29. The first kappa shape index (κ1) is 17.4. The van der Waals surface area contributed by atoms with Crippen molar-refractivity contribution in [3.8, 4) is 0 Å². The second-order valence-corrected chi connectivity index (χ2v) is 8.39. The Hall–Kier alpha value is -1.98. The van der Waals surface area contributed by atoms with Gasteiger partial charge < -0.3 is 11.1 Å². The number of hydrogen-bond donors (Lipinski definition) is 2. The molecule has 0 spiro atoms.